The topological polar surface area (TPSA) is 37.8 Å². The Morgan fingerprint density at radius 1 is 1.33 bits per heavy atom. The number of nitrogens with zero attached hydrogens (tertiary/aromatic N) is 2. The summed E-state index contributed by atoms with van der Waals surface area (Å²) in [5.74, 6) is 0.924. The molecule has 0 saturated carbocycles. The number of nitrogens with one attached hydrogen (secondary N) is 1. The molecule has 21 heavy (non-hydrogen) atoms. The molecule has 0 fully saturated rings. The lowest BCUT2D eigenvalue weighted by Gasteiger charge is -2.21. The standard InChI is InChI=1S/C15H20BrN3S2/c1-5-13-18-14(21-19-13)20-11-7-6-10(12(16)8-11)9-17-15(2,3)4/h6-8,17H,5,9H2,1-4H3. The molecule has 0 radical (unpaired) electrons. The van der Waals surface area contributed by atoms with Gasteiger partial charge in [0.05, 0.1) is 0 Å². The molecule has 0 amide bonds. The summed E-state index contributed by atoms with van der Waals surface area (Å²) in [6, 6.07) is 6.45. The van der Waals surface area contributed by atoms with E-state index in [1.54, 1.807) is 11.8 Å². The van der Waals surface area contributed by atoms with E-state index >= 15 is 0 Å². The zero-order valence-corrected chi connectivity index (χ0v) is 16.0. The fraction of sp³-hybridized carbons (Fsp3) is 0.467. The van der Waals surface area contributed by atoms with E-state index in [2.05, 4.69) is 76.5 Å². The van der Waals surface area contributed by atoms with Crippen molar-refractivity contribution in [3.05, 3.63) is 34.1 Å². The van der Waals surface area contributed by atoms with Crippen molar-refractivity contribution in [1.29, 1.82) is 0 Å². The number of halogens is 1. The Morgan fingerprint density at radius 2 is 2.10 bits per heavy atom. The Kier molecular flexibility index (Phi) is 5.82. The molecule has 1 N–H and O–H groups in total. The average molecular weight is 386 g/mol. The molecule has 0 bridgehead atoms. The third kappa shape index (κ3) is 5.36. The molecule has 1 heterocycles. The molecule has 0 aliphatic carbocycles. The molecule has 2 rings (SSSR count). The van der Waals surface area contributed by atoms with Crippen LogP contribution >= 0.6 is 39.2 Å². The van der Waals surface area contributed by atoms with Crippen molar-refractivity contribution < 1.29 is 0 Å². The van der Waals surface area contributed by atoms with E-state index in [1.807, 2.05) is 0 Å². The lowest BCUT2D eigenvalue weighted by molar-refractivity contribution is 0.424. The monoisotopic (exact) mass is 385 g/mol. The second-order valence-corrected chi connectivity index (χ2v) is 8.72. The molecule has 0 aliphatic rings. The van der Waals surface area contributed by atoms with Crippen LogP contribution in [0.15, 0.2) is 31.9 Å². The summed E-state index contributed by atoms with van der Waals surface area (Å²) in [4.78, 5) is 5.67. The Hall–Kier alpha value is -0.430. The van der Waals surface area contributed by atoms with Crippen molar-refractivity contribution in [1.82, 2.24) is 14.7 Å². The minimum Gasteiger partial charge on any atom is -0.308 e. The molecule has 1 aromatic heterocycles. The Bertz CT molecular complexity index is 605. The van der Waals surface area contributed by atoms with Gasteiger partial charge >= 0.3 is 0 Å². The maximum Gasteiger partial charge on any atom is 0.174 e. The number of rotatable bonds is 5. The van der Waals surface area contributed by atoms with Gasteiger partial charge in [-0.2, -0.15) is 4.37 Å². The van der Waals surface area contributed by atoms with E-state index in [1.165, 1.54) is 22.0 Å². The van der Waals surface area contributed by atoms with Crippen molar-refractivity contribution in [2.24, 2.45) is 0 Å². The summed E-state index contributed by atoms with van der Waals surface area (Å²) < 4.78 is 6.44. The molecule has 0 unspecified atom stereocenters. The Labute approximate surface area is 143 Å². The highest BCUT2D eigenvalue weighted by Gasteiger charge is 2.11. The first-order valence-corrected chi connectivity index (χ1v) is 9.29. The SMILES string of the molecule is CCc1nsc(Sc2ccc(CNC(C)(C)C)c(Br)c2)n1. The number of hydrogen-bond acceptors (Lipinski definition) is 5. The van der Waals surface area contributed by atoms with Gasteiger partial charge < -0.3 is 5.32 Å². The van der Waals surface area contributed by atoms with Crippen LogP contribution in [0.3, 0.4) is 0 Å². The molecule has 1 aromatic carbocycles. The maximum absolute atomic E-state index is 4.49. The van der Waals surface area contributed by atoms with Crippen molar-refractivity contribution in [3.8, 4) is 0 Å². The Morgan fingerprint density at radius 3 is 2.67 bits per heavy atom. The van der Waals surface area contributed by atoms with E-state index < -0.39 is 0 Å². The van der Waals surface area contributed by atoms with Gasteiger partial charge in [0.2, 0.25) is 0 Å². The van der Waals surface area contributed by atoms with Crippen molar-refractivity contribution in [2.45, 2.75) is 55.4 Å². The number of benzene rings is 1. The Balaban J connectivity index is 2.04. The van der Waals surface area contributed by atoms with Gasteiger partial charge in [-0.15, -0.1) is 0 Å². The highest BCUT2D eigenvalue weighted by atomic mass is 79.9. The number of aromatic nitrogens is 2. The first-order valence-electron chi connectivity index (χ1n) is 6.91. The zero-order valence-electron chi connectivity index (χ0n) is 12.7. The molecule has 0 aliphatic heterocycles. The van der Waals surface area contributed by atoms with Gasteiger partial charge in [0, 0.05) is 27.9 Å². The predicted molar refractivity (Wildman–Crippen MR) is 94.1 cm³/mol. The van der Waals surface area contributed by atoms with Gasteiger partial charge in [-0.05, 0) is 50.0 Å². The van der Waals surface area contributed by atoms with E-state index in [0.717, 1.165) is 27.6 Å². The number of aryl methyl sites for hydroxylation is 1. The highest BCUT2D eigenvalue weighted by Crippen LogP contribution is 2.32. The van der Waals surface area contributed by atoms with E-state index in [9.17, 15) is 0 Å². The summed E-state index contributed by atoms with van der Waals surface area (Å²) in [7, 11) is 0. The van der Waals surface area contributed by atoms with Crippen LogP contribution in [-0.4, -0.2) is 14.9 Å². The van der Waals surface area contributed by atoms with Crippen molar-refractivity contribution in [2.75, 3.05) is 0 Å². The fourth-order valence-corrected chi connectivity index (χ4v) is 4.00. The van der Waals surface area contributed by atoms with Crippen LogP contribution in [0, 0.1) is 0 Å². The maximum atomic E-state index is 4.49. The van der Waals surface area contributed by atoms with E-state index in [0.29, 0.717) is 0 Å². The zero-order chi connectivity index (χ0) is 15.5. The second kappa shape index (κ2) is 7.22. The summed E-state index contributed by atoms with van der Waals surface area (Å²) in [6.45, 7) is 9.45. The van der Waals surface area contributed by atoms with E-state index in [-0.39, 0.29) is 5.54 Å². The largest absolute Gasteiger partial charge is 0.308 e. The average Bonchev–Trinajstić information content (AvgIpc) is 2.84. The molecular formula is C15H20BrN3S2. The van der Waals surface area contributed by atoms with Crippen LogP contribution in [-0.2, 0) is 13.0 Å². The number of hydrogen-bond donors (Lipinski definition) is 1. The van der Waals surface area contributed by atoms with Crippen LogP contribution in [0.25, 0.3) is 0 Å². The summed E-state index contributed by atoms with van der Waals surface area (Å²) in [5.41, 5.74) is 1.39. The first-order chi connectivity index (χ1) is 9.87. The molecule has 0 atom stereocenters. The van der Waals surface area contributed by atoms with Crippen molar-refractivity contribution >= 4 is 39.2 Å². The van der Waals surface area contributed by atoms with E-state index in [4.69, 9.17) is 0 Å². The summed E-state index contributed by atoms with van der Waals surface area (Å²) in [6.07, 6.45) is 0.887. The molecule has 114 valence electrons. The van der Waals surface area contributed by atoms with Crippen molar-refractivity contribution in [3.63, 3.8) is 0 Å². The molecule has 6 heteroatoms. The van der Waals surface area contributed by atoms with Crippen LogP contribution in [0.4, 0.5) is 0 Å². The molecule has 3 nitrogen and oxygen atoms in total. The minimum absolute atomic E-state index is 0.121. The normalized spacial score (nSPS) is 11.9. The first kappa shape index (κ1) is 16.9. The summed E-state index contributed by atoms with van der Waals surface area (Å²) in [5, 5.41) is 3.50. The second-order valence-electron chi connectivity index (χ2n) is 5.79. The van der Waals surface area contributed by atoms with Crippen LogP contribution in [0.5, 0.6) is 0 Å². The van der Waals surface area contributed by atoms with Gasteiger partial charge in [-0.25, -0.2) is 4.98 Å². The minimum atomic E-state index is 0.121. The van der Waals surface area contributed by atoms with Gasteiger partial charge in [0.15, 0.2) is 4.34 Å². The lowest BCUT2D eigenvalue weighted by Crippen LogP contribution is -2.35. The smallest absolute Gasteiger partial charge is 0.174 e. The molecular weight excluding hydrogens is 366 g/mol. The van der Waals surface area contributed by atoms with Gasteiger partial charge in [0.1, 0.15) is 5.82 Å². The third-order valence-corrected chi connectivity index (χ3v) is 5.32. The fourth-order valence-electron chi connectivity index (χ4n) is 1.62. The van der Waals surface area contributed by atoms with Gasteiger partial charge in [-0.1, -0.05) is 40.7 Å². The highest BCUT2D eigenvalue weighted by molar-refractivity contribution is 9.10. The van der Waals surface area contributed by atoms with Gasteiger partial charge in [0.25, 0.3) is 0 Å². The third-order valence-electron chi connectivity index (χ3n) is 2.80. The summed E-state index contributed by atoms with van der Waals surface area (Å²) >= 11 is 6.79. The van der Waals surface area contributed by atoms with Gasteiger partial charge in [-0.3, -0.25) is 0 Å². The van der Waals surface area contributed by atoms with Crippen LogP contribution in [0.2, 0.25) is 0 Å². The lowest BCUT2D eigenvalue weighted by atomic mass is 10.1. The van der Waals surface area contributed by atoms with Crippen LogP contribution in [0.1, 0.15) is 39.1 Å². The predicted octanol–water partition coefficient (Wildman–Crippen LogP) is 4.90. The molecule has 0 spiro atoms. The molecule has 2 aromatic rings. The van der Waals surface area contributed by atoms with Crippen LogP contribution < -0.4 is 5.32 Å². The quantitative estimate of drug-likeness (QED) is 0.793. The molecule has 0 saturated heterocycles.